The van der Waals surface area contributed by atoms with Crippen molar-refractivity contribution in [3.05, 3.63) is 30.9 Å². The number of rotatable bonds is 4. The monoisotopic (exact) mass is 364 g/mol. The van der Waals surface area contributed by atoms with Crippen molar-refractivity contribution in [3.8, 4) is 17.5 Å². The summed E-state index contributed by atoms with van der Waals surface area (Å²) in [5, 5.41) is 13.4. The Bertz CT molecular complexity index is 987. The van der Waals surface area contributed by atoms with E-state index in [1.54, 1.807) is 17.3 Å². The van der Waals surface area contributed by atoms with Gasteiger partial charge in [0.2, 0.25) is 11.8 Å². The largest absolute Gasteiger partial charge is 0.444 e. The maximum atomic E-state index is 12.3. The van der Waals surface area contributed by atoms with E-state index < -0.39 is 0 Å². The molecule has 0 bridgehead atoms. The lowest BCUT2D eigenvalue weighted by Gasteiger charge is -2.38. The van der Waals surface area contributed by atoms with Gasteiger partial charge in [-0.3, -0.25) is 4.79 Å². The number of hydrogen-bond donors (Lipinski definition) is 2. The highest BCUT2D eigenvalue weighted by Crippen LogP contribution is 2.34. The summed E-state index contributed by atoms with van der Waals surface area (Å²) in [4.78, 5) is 25.9. The van der Waals surface area contributed by atoms with Gasteiger partial charge in [-0.1, -0.05) is 0 Å². The van der Waals surface area contributed by atoms with Gasteiger partial charge in [0.1, 0.15) is 18.3 Å². The van der Waals surface area contributed by atoms with Crippen molar-refractivity contribution in [1.82, 2.24) is 19.9 Å². The number of nitriles is 1. The Morgan fingerprint density at radius 3 is 3.15 bits per heavy atom. The lowest BCUT2D eigenvalue weighted by atomic mass is 9.98. The van der Waals surface area contributed by atoms with Crippen LogP contribution in [0.1, 0.15) is 26.2 Å². The number of hydrogen-bond acceptors (Lipinski definition) is 6. The molecule has 0 aliphatic carbocycles. The van der Waals surface area contributed by atoms with Gasteiger partial charge in [0.15, 0.2) is 0 Å². The number of likely N-dealkylation sites (tertiary alicyclic amines) is 1. The molecule has 4 heterocycles. The number of pyridine rings is 1. The van der Waals surface area contributed by atoms with E-state index in [0.717, 1.165) is 35.1 Å². The van der Waals surface area contributed by atoms with Gasteiger partial charge in [0.05, 0.1) is 23.5 Å². The molecule has 1 fully saturated rings. The molecule has 0 unspecified atom stereocenters. The zero-order valence-electron chi connectivity index (χ0n) is 15.0. The normalized spacial score (nSPS) is 19.8. The molecule has 1 aliphatic heterocycles. The van der Waals surface area contributed by atoms with E-state index in [-0.39, 0.29) is 24.4 Å². The number of oxazole rings is 1. The Balaban J connectivity index is 1.65. The Morgan fingerprint density at radius 1 is 1.48 bits per heavy atom. The Hall–Kier alpha value is -3.34. The zero-order valence-corrected chi connectivity index (χ0v) is 15.0. The second-order valence-corrected chi connectivity index (χ2v) is 6.77. The van der Waals surface area contributed by atoms with Crippen LogP contribution in [0.5, 0.6) is 0 Å². The second kappa shape index (κ2) is 7.11. The minimum atomic E-state index is -0.119. The van der Waals surface area contributed by atoms with Crippen LogP contribution in [0, 0.1) is 11.3 Å². The van der Waals surface area contributed by atoms with Crippen LogP contribution >= 0.6 is 0 Å². The summed E-state index contributed by atoms with van der Waals surface area (Å²) in [6.07, 6.45) is 8.43. The molecule has 0 radical (unpaired) electrons. The summed E-state index contributed by atoms with van der Waals surface area (Å²) < 4.78 is 5.48. The number of carbonyl (C=O) groups is 1. The molecule has 0 aromatic carbocycles. The molecule has 8 nitrogen and oxygen atoms in total. The van der Waals surface area contributed by atoms with Crippen LogP contribution in [-0.4, -0.2) is 44.4 Å². The smallest absolute Gasteiger partial charge is 0.237 e. The number of anilines is 1. The Morgan fingerprint density at radius 2 is 2.37 bits per heavy atom. The van der Waals surface area contributed by atoms with Crippen LogP contribution in [0.4, 0.5) is 5.69 Å². The fourth-order valence-electron chi connectivity index (χ4n) is 3.63. The van der Waals surface area contributed by atoms with Crippen molar-refractivity contribution in [2.24, 2.45) is 0 Å². The third-order valence-electron chi connectivity index (χ3n) is 5.03. The molecule has 4 rings (SSSR count). The van der Waals surface area contributed by atoms with E-state index in [1.807, 2.05) is 25.3 Å². The first kappa shape index (κ1) is 17.1. The zero-order chi connectivity index (χ0) is 18.8. The summed E-state index contributed by atoms with van der Waals surface area (Å²) >= 11 is 0. The highest BCUT2D eigenvalue weighted by molar-refractivity contribution is 5.97. The summed E-state index contributed by atoms with van der Waals surface area (Å²) in [7, 11) is 0. The Labute approximate surface area is 156 Å². The number of H-pyrrole nitrogens is 1. The summed E-state index contributed by atoms with van der Waals surface area (Å²) in [5.74, 6) is 0.376. The minimum Gasteiger partial charge on any atom is -0.444 e. The number of fused-ring (bicyclic) bond motifs is 1. The molecule has 27 heavy (non-hydrogen) atoms. The molecular weight excluding hydrogens is 344 g/mol. The molecule has 1 amide bonds. The predicted molar refractivity (Wildman–Crippen MR) is 99.6 cm³/mol. The van der Waals surface area contributed by atoms with E-state index in [0.29, 0.717) is 12.4 Å². The number of piperidine rings is 1. The quantitative estimate of drug-likeness (QED) is 0.736. The highest BCUT2D eigenvalue weighted by atomic mass is 16.3. The maximum Gasteiger partial charge on any atom is 0.237 e. The molecule has 0 saturated carbocycles. The molecule has 1 aliphatic rings. The minimum absolute atomic E-state index is 0.0676. The van der Waals surface area contributed by atoms with Gasteiger partial charge in [-0.25, -0.2) is 9.97 Å². The van der Waals surface area contributed by atoms with E-state index in [4.69, 9.17) is 9.68 Å². The van der Waals surface area contributed by atoms with E-state index in [1.165, 1.54) is 6.26 Å². The molecular formula is C19H20N6O2. The van der Waals surface area contributed by atoms with E-state index >= 15 is 0 Å². The third kappa shape index (κ3) is 3.24. The molecule has 2 atom stereocenters. The molecule has 0 spiro atoms. The van der Waals surface area contributed by atoms with Gasteiger partial charge >= 0.3 is 0 Å². The fourth-order valence-corrected chi connectivity index (χ4v) is 3.63. The van der Waals surface area contributed by atoms with Crippen LogP contribution < -0.4 is 5.32 Å². The number of aromatic amines is 1. The molecule has 3 aromatic rings. The predicted octanol–water partition coefficient (Wildman–Crippen LogP) is 2.92. The van der Waals surface area contributed by atoms with Gasteiger partial charge in [-0.05, 0) is 25.8 Å². The lowest BCUT2D eigenvalue weighted by Crippen LogP contribution is -2.49. The van der Waals surface area contributed by atoms with Crippen molar-refractivity contribution in [3.63, 3.8) is 0 Å². The van der Waals surface area contributed by atoms with E-state index in [2.05, 4.69) is 20.3 Å². The fraction of sp³-hybridized carbons (Fsp3) is 0.368. The standard InChI is InChI=1S/C19H20N6O2/c1-12-2-3-13(11-25(12)16(26)4-6-20)24-17-14-5-7-21-18(14)23-10-15(17)19-22-8-9-27-19/h5,7-10,12-13H,2-4,11H2,1H3,(H2,21,23,24)/t12-,13+/m0/s1. The average Bonchev–Trinajstić information content (AvgIpc) is 3.35. The SMILES string of the molecule is C[C@H]1CC[C@@H](Nc2c(-c3ncco3)cnc3[nH]ccc23)CN1C(=O)CC#N. The summed E-state index contributed by atoms with van der Waals surface area (Å²) in [5.41, 5.74) is 2.44. The third-order valence-corrected chi connectivity index (χ3v) is 5.03. The van der Waals surface area contributed by atoms with E-state index in [9.17, 15) is 4.79 Å². The van der Waals surface area contributed by atoms with Gasteiger partial charge < -0.3 is 19.6 Å². The molecule has 3 aromatic heterocycles. The summed E-state index contributed by atoms with van der Waals surface area (Å²) in [6.45, 7) is 2.58. The average molecular weight is 364 g/mol. The Kier molecular flexibility index (Phi) is 4.50. The topological polar surface area (TPSA) is 111 Å². The maximum absolute atomic E-state index is 12.3. The van der Waals surface area contributed by atoms with Crippen molar-refractivity contribution in [1.29, 1.82) is 5.26 Å². The number of amides is 1. The van der Waals surface area contributed by atoms with Crippen LogP contribution in [0.3, 0.4) is 0 Å². The molecule has 2 N–H and O–H groups in total. The number of carbonyl (C=O) groups excluding carboxylic acids is 1. The highest BCUT2D eigenvalue weighted by Gasteiger charge is 2.29. The van der Waals surface area contributed by atoms with Crippen molar-refractivity contribution < 1.29 is 9.21 Å². The van der Waals surface area contributed by atoms with Crippen LogP contribution in [0.15, 0.2) is 35.3 Å². The van der Waals surface area contributed by atoms with Gasteiger partial charge in [-0.2, -0.15) is 5.26 Å². The van der Waals surface area contributed by atoms with Gasteiger partial charge in [0.25, 0.3) is 0 Å². The van der Waals surface area contributed by atoms with Crippen LogP contribution in [-0.2, 0) is 4.79 Å². The van der Waals surface area contributed by atoms with Crippen LogP contribution in [0.25, 0.3) is 22.5 Å². The van der Waals surface area contributed by atoms with Crippen molar-refractivity contribution in [2.45, 2.75) is 38.3 Å². The van der Waals surface area contributed by atoms with Gasteiger partial charge in [-0.15, -0.1) is 0 Å². The lowest BCUT2D eigenvalue weighted by molar-refractivity contribution is -0.133. The van der Waals surface area contributed by atoms with Crippen molar-refractivity contribution >= 4 is 22.6 Å². The molecule has 8 heteroatoms. The van der Waals surface area contributed by atoms with Crippen molar-refractivity contribution in [2.75, 3.05) is 11.9 Å². The summed E-state index contributed by atoms with van der Waals surface area (Å²) in [6, 6.07) is 4.12. The first-order chi connectivity index (χ1) is 13.2. The first-order valence-electron chi connectivity index (χ1n) is 8.96. The number of aromatic nitrogens is 3. The molecule has 138 valence electrons. The molecule has 1 saturated heterocycles. The first-order valence-corrected chi connectivity index (χ1v) is 8.96. The number of nitrogens with one attached hydrogen (secondary N) is 2. The van der Waals surface area contributed by atoms with Gasteiger partial charge in [0, 0.05) is 36.4 Å². The second-order valence-electron chi connectivity index (χ2n) is 6.77. The van der Waals surface area contributed by atoms with Crippen LogP contribution in [0.2, 0.25) is 0 Å². The number of nitrogens with zero attached hydrogens (tertiary/aromatic N) is 4.